The maximum atomic E-state index is 13.4. The summed E-state index contributed by atoms with van der Waals surface area (Å²) in [5.41, 5.74) is 3.83. The molecule has 0 spiro atoms. The summed E-state index contributed by atoms with van der Waals surface area (Å²) in [4.78, 5) is 30.9. The van der Waals surface area contributed by atoms with Crippen LogP contribution in [0.15, 0.2) is 78.2 Å². The van der Waals surface area contributed by atoms with Gasteiger partial charge in [-0.1, -0.05) is 30.3 Å². The molecule has 1 aromatic heterocycles. The Morgan fingerprint density at radius 3 is 2.76 bits per heavy atom. The third-order valence-electron chi connectivity index (χ3n) is 6.93. The Morgan fingerprint density at radius 1 is 1.10 bits per heavy atom. The van der Waals surface area contributed by atoms with E-state index in [4.69, 9.17) is 14.2 Å². The fraction of sp³-hybridized carbons (Fsp3) is 0.219. The van der Waals surface area contributed by atoms with Gasteiger partial charge in [-0.2, -0.15) is 0 Å². The molecule has 6 rings (SSSR count). The van der Waals surface area contributed by atoms with Gasteiger partial charge in [-0.25, -0.2) is 4.98 Å². The number of fused-ring (bicyclic) bond motifs is 2. The Labute approximate surface area is 242 Å². The van der Waals surface area contributed by atoms with E-state index in [0.29, 0.717) is 34.4 Å². The Balaban J connectivity index is 1.17. The normalized spacial score (nSPS) is 17.7. The van der Waals surface area contributed by atoms with Crippen molar-refractivity contribution in [3.8, 4) is 17.2 Å². The third kappa shape index (κ3) is 5.67. The van der Waals surface area contributed by atoms with Crippen LogP contribution in [0.3, 0.4) is 0 Å². The van der Waals surface area contributed by atoms with Crippen molar-refractivity contribution in [3.05, 3.63) is 106 Å². The first-order chi connectivity index (χ1) is 19.8. The van der Waals surface area contributed by atoms with Gasteiger partial charge >= 0.3 is 0 Å². The molecule has 0 saturated heterocycles. The zero-order valence-electron chi connectivity index (χ0n) is 22.9. The average Bonchev–Trinajstić information content (AvgIpc) is 3.47. The predicted octanol–water partition coefficient (Wildman–Crippen LogP) is 6.06. The molecule has 9 heteroatoms. The van der Waals surface area contributed by atoms with Gasteiger partial charge in [-0.3, -0.25) is 9.59 Å². The molecule has 1 atom stereocenters. The Bertz CT molecular complexity index is 1680. The third-order valence-corrected chi connectivity index (χ3v) is 7.87. The van der Waals surface area contributed by atoms with Gasteiger partial charge in [-0.15, -0.1) is 11.3 Å². The molecule has 0 saturated carbocycles. The molecule has 3 aromatic carbocycles. The second-order valence-corrected chi connectivity index (χ2v) is 11.5. The topological polar surface area (TPSA) is 98.8 Å². The van der Waals surface area contributed by atoms with E-state index in [1.807, 2.05) is 42.5 Å². The molecule has 8 nitrogen and oxygen atoms in total. The summed E-state index contributed by atoms with van der Waals surface area (Å²) < 4.78 is 17.2. The molecule has 4 aromatic rings. The largest absolute Gasteiger partial charge is 0.497 e. The minimum atomic E-state index is -0.395. The predicted molar refractivity (Wildman–Crippen MR) is 158 cm³/mol. The van der Waals surface area contributed by atoms with E-state index in [0.717, 1.165) is 29.0 Å². The number of ketones is 1. The molecule has 0 radical (unpaired) electrons. The van der Waals surface area contributed by atoms with Gasteiger partial charge in [0.05, 0.1) is 7.11 Å². The van der Waals surface area contributed by atoms with E-state index in [1.54, 1.807) is 42.8 Å². The number of benzene rings is 3. The minimum absolute atomic E-state index is 0.180. The van der Waals surface area contributed by atoms with Gasteiger partial charge in [0.15, 0.2) is 23.4 Å². The maximum absolute atomic E-state index is 13.4. The highest BCUT2D eigenvalue weighted by atomic mass is 32.1. The Hall–Kier alpha value is -4.63. The van der Waals surface area contributed by atoms with Crippen LogP contribution in [0.5, 0.6) is 17.2 Å². The number of carbonyl (C=O) groups excluding carboxylic acids is 2. The molecule has 41 heavy (non-hydrogen) atoms. The van der Waals surface area contributed by atoms with Crippen LogP contribution in [0.2, 0.25) is 0 Å². The molecule has 1 amide bonds. The van der Waals surface area contributed by atoms with E-state index in [9.17, 15) is 9.59 Å². The van der Waals surface area contributed by atoms with Crippen LogP contribution in [0.4, 0.5) is 5.69 Å². The Kier molecular flexibility index (Phi) is 6.96. The standard InChI is InChI=1S/C32H29N3O5S/c1-32(2)16-20-11-12-22(38-3)14-23(20)24(35-32)15-26(36)19-7-6-8-21(13-19)33-30(37)25-18-41-31(34-25)29-17-39-27-9-4-5-10-28(27)40-29/h4-15,18,29,35H,16-17H2,1-3H3,(H,33,37). The number of aromatic nitrogens is 1. The number of nitrogens with zero attached hydrogens (tertiary/aromatic N) is 1. The van der Waals surface area contributed by atoms with Gasteiger partial charge < -0.3 is 24.8 Å². The highest BCUT2D eigenvalue weighted by Gasteiger charge is 2.29. The van der Waals surface area contributed by atoms with Crippen LogP contribution in [-0.4, -0.2) is 35.9 Å². The van der Waals surface area contributed by atoms with E-state index < -0.39 is 6.10 Å². The summed E-state index contributed by atoms with van der Waals surface area (Å²) in [6.07, 6.45) is 2.04. The van der Waals surface area contributed by atoms with E-state index >= 15 is 0 Å². The number of hydrogen-bond donors (Lipinski definition) is 2. The van der Waals surface area contributed by atoms with Gasteiger partial charge in [0.1, 0.15) is 23.1 Å². The number of thiazole rings is 1. The summed E-state index contributed by atoms with van der Waals surface area (Å²) >= 11 is 1.34. The number of ether oxygens (including phenoxy) is 3. The molecule has 0 fully saturated rings. The lowest BCUT2D eigenvalue weighted by molar-refractivity contribution is 0.0906. The molecule has 2 aliphatic heterocycles. The lowest BCUT2D eigenvalue weighted by atomic mass is 9.85. The quantitative estimate of drug-likeness (QED) is 0.216. The number of rotatable bonds is 6. The van der Waals surface area contributed by atoms with Crippen LogP contribution in [-0.2, 0) is 6.42 Å². The summed E-state index contributed by atoms with van der Waals surface area (Å²) in [6.45, 7) is 4.52. The molecule has 0 bridgehead atoms. The van der Waals surface area contributed by atoms with E-state index in [2.05, 4.69) is 29.5 Å². The fourth-order valence-corrected chi connectivity index (χ4v) is 5.81. The van der Waals surface area contributed by atoms with Crippen molar-refractivity contribution in [2.24, 2.45) is 0 Å². The molecule has 208 valence electrons. The number of nitrogens with one attached hydrogen (secondary N) is 2. The first-order valence-electron chi connectivity index (χ1n) is 13.2. The van der Waals surface area contributed by atoms with Gasteiger partial charge in [0.25, 0.3) is 5.91 Å². The summed E-state index contributed by atoms with van der Waals surface area (Å²) in [5.74, 6) is 1.52. The smallest absolute Gasteiger partial charge is 0.275 e. The number of para-hydroxylation sites is 2. The van der Waals surface area contributed by atoms with Gasteiger partial charge in [0.2, 0.25) is 0 Å². The van der Waals surface area contributed by atoms with Crippen LogP contribution in [0, 0.1) is 0 Å². The molecular formula is C32H29N3O5S. The fourth-order valence-electron chi connectivity index (χ4n) is 4.99. The van der Waals surface area contributed by atoms with Crippen molar-refractivity contribution < 1.29 is 23.8 Å². The molecule has 0 aliphatic carbocycles. The lowest BCUT2D eigenvalue weighted by Gasteiger charge is -2.35. The highest BCUT2D eigenvalue weighted by Crippen LogP contribution is 2.37. The Morgan fingerprint density at radius 2 is 1.93 bits per heavy atom. The van der Waals surface area contributed by atoms with Crippen molar-refractivity contribution in [2.45, 2.75) is 31.9 Å². The number of allylic oxidation sites excluding steroid dienone is 1. The second kappa shape index (κ2) is 10.7. The van der Waals surface area contributed by atoms with E-state index in [-0.39, 0.29) is 22.9 Å². The molecule has 3 heterocycles. The lowest BCUT2D eigenvalue weighted by Crippen LogP contribution is -2.43. The zero-order valence-corrected chi connectivity index (χ0v) is 23.7. The van der Waals surface area contributed by atoms with Crippen LogP contribution >= 0.6 is 11.3 Å². The molecule has 2 N–H and O–H groups in total. The van der Waals surface area contributed by atoms with Crippen LogP contribution in [0.25, 0.3) is 5.70 Å². The van der Waals surface area contributed by atoms with Crippen molar-refractivity contribution in [1.82, 2.24) is 10.3 Å². The average molecular weight is 568 g/mol. The van der Waals surface area contributed by atoms with Crippen molar-refractivity contribution in [3.63, 3.8) is 0 Å². The van der Waals surface area contributed by atoms with Crippen molar-refractivity contribution >= 4 is 34.4 Å². The minimum Gasteiger partial charge on any atom is -0.497 e. The molecule has 1 unspecified atom stereocenters. The molecule has 2 aliphatic rings. The van der Waals surface area contributed by atoms with Crippen LogP contribution in [0.1, 0.15) is 56.9 Å². The number of amides is 1. The first-order valence-corrected chi connectivity index (χ1v) is 14.1. The SMILES string of the molecule is COc1ccc2c(c1)C(=CC(=O)c1cccc(NC(=O)c3csc(C4COc5ccccc5O4)n3)c1)NC(C)(C)C2. The van der Waals surface area contributed by atoms with Crippen molar-refractivity contribution in [1.29, 1.82) is 0 Å². The number of anilines is 1. The van der Waals surface area contributed by atoms with Crippen molar-refractivity contribution in [2.75, 3.05) is 19.0 Å². The maximum Gasteiger partial charge on any atom is 0.275 e. The first kappa shape index (κ1) is 26.6. The van der Waals surface area contributed by atoms with Gasteiger partial charge in [-0.05, 0) is 62.2 Å². The monoisotopic (exact) mass is 567 g/mol. The summed E-state index contributed by atoms with van der Waals surface area (Å²) in [7, 11) is 1.62. The number of carbonyl (C=O) groups is 2. The summed E-state index contributed by atoms with van der Waals surface area (Å²) in [5, 5.41) is 8.70. The van der Waals surface area contributed by atoms with Crippen LogP contribution < -0.4 is 24.8 Å². The van der Waals surface area contributed by atoms with E-state index in [1.165, 1.54) is 11.3 Å². The van der Waals surface area contributed by atoms with Gasteiger partial charge in [0, 0.05) is 39.5 Å². The second-order valence-electron chi connectivity index (χ2n) is 10.6. The molecular weight excluding hydrogens is 538 g/mol. The highest BCUT2D eigenvalue weighted by molar-refractivity contribution is 7.09. The zero-order chi connectivity index (χ0) is 28.6. The number of methoxy groups -OCH3 is 1. The number of hydrogen-bond acceptors (Lipinski definition) is 8. The summed E-state index contributed by atoms with van der Waals surface area (Å²) in [6, 6.07) is 20.3.